The second-order valence-corrected chi connectivity index (χ2v) is 5.47. The van der Waals surface area contributed by atoms with Gasteiger partial charge in [0.05, 0.1) is 12.2 Å². The summed E-state index contributed by atoms with van der Waals surface area (Å²) in [5, 5.41) is 0. The highest BCUT2D eigenvalue weighted by molar-refractivity contribution is 7.80. The molecule has 0 N–H and O–H groups in total. The van der Waals surface area contributed by atoms with E-state index in [1.807, 2.05) is 0 Å². The highest BCUT2D eigenvalue weighted by Gasteiger charge is 2.26. The molecule has 1 aliphatic heterocycles. The van der Waals surface area contributed by atoms with E-state index < -0.39 is 0 Å². The fourth-order valence-electron chi connectivity index (χ4n) is 2.11. The molecule has 0 amide bonds. The lowest BCUT2D eigenvalue weighted by Gasteiger charge is -2.38. The number of hydrogen-bond acceptors (Lipinski definition) is 3. The van der Waals surface area contributed by atoms with Gasteiger partial charge in [0.1, 0.15) is 0 Å². The summed E-state index contributed by atoms with van der Waals surface area (Å²) in [6.45, 7) is 8.68. The number of hydrogen-bond donors (Lipinski definition) is 1. The van der Waals surface area contributed by atoms with Gasteiger partial charge < -0.3 is 4.74 Å². The molecular weight excluding hydrogens is 206 g/mol. The van der Waals surface area contributed by atoms with Crippen molar-refractivity contribution in [3.63, 3.8) is 0 Å². The van der Waals surface area contributed by atoms with Gasteiger partial charge in [-0.05, 0) is 39.0 Å². The molecule has 1 saturated heterocycles. The van der Waals surface area contributed by atoms with E-state index >= 15 is 0 Å². The first kappa shape index (κ1) is 13.3. The van der Waals surface area contributed by atoms with E-state index in [-0.39, 0.29) is 5.60 Å². The number of ether oxygens (including phenoxy) is 1. The van der Waals surface area contributed by atoms with Crippen LogP contribution in [-0.4, -0.2) is 42.5 Å². The Morgan fingerprint density at radius 2 is 1.93 bits per heavy atom. The van der Waals surface area contributed by atoms with E-state index in [2.05, 4.69) is 31.4 Å². The zero-order chi connectivity index (χ0) is 11.1. The van der Waals surface area contributed by atoms with Gasteiger partial charge in [-0.3, -0.25) is 4.90 Å². The van der Waals surface area contributed by atoms with Crippen LogP contribution in [0.1, 0.15) is 39.5 Å². The lowest BCUT2D eigenvalue weighted by molar-refractivity contribution is -0.0861. The molecule has 0 saturated carbocycles. The summed E-state index contributed by atoms with van der Waals surface area (Å²) in [6.07, 6.45) is 5.26. The first-order valence-corrected chi connectivity index (χ1v) is 6.74. The van der Waals surface area contributed by atoms with Crippen molar-refractivity contribution in [1.82, 2.24) is 4.90 Å². The highest BCUT2D eigenvalue weighted by Crippen LogP contribution is 2.16. The maximum absolute atomic E-state index is 5.69. The standard InChI is InChI=1S/C12H25NOS/c1-12(2)11-13(8-9-14-12)7-5-3-4-6-10-15/h15H,3-11H2,1-2H3. The highest BCUT2D eigenvalue weighted by atomic mass is 32.1. The average molecular weight is 231 g/mol. The van der Waals surface area contributed by atoms with Crippen molar-refractivity contribution in [2.24, 2.45) is 0 Å². The maximum Gasteiger partial charge on any atom is 0.0753 e. The summed E-state index contributed by atoms with van der Waals surface area (Å²) in [5.41, 5.74) is 0.0589. The number of nitrogens with zero attached hydrogens (tertiary/aromatic N) is 1. The van der Waals surface area contributed by atoms with Gasteiger partial charge in [-0.2, -0.15) is 12.6 Å². The zero-order valence-electron chi connectivity index (χ0n) is 10.2. The Morgan fingerprint density at radius 3 is 2.60 bits per heavy atom. The molecule has 0 aromatic carbocycles. The minimum Gasteiger partial charge on any atom is -0.373 e. The molecule has 0 unspecified atom stereocenters. The number of morpholine rings is 1. The SMILES string of the molecule is CC1(C)CN(CCCCCCS)CCO1. The van der Waals surface area contributed by atoms with E-state index in [4.69, 9.17) is 4.74 Å². The van der Waals surface area contributed by atoms with Crippen molar-refractivity contribution < 1.29 is 4.74 Å². The third-order valence-electron chi connectivity index (χ3n) is 2.89. The summed E-state index contributed by atoms with van der Waals surface area (Å²) < 4.78 is 5.69. The molecule has 0 aromatic rings. The van der Waals surface area contributed by atoms with Crippen LogP contribution in [0.3, 0.4) is 0 Å². The van der Waals surface area contributed by atoms with Crippen molar-refractivity contribution >= 4 is 12.6 Å². The molecular formula is C12H25NOS. The Bertz CT molecular complexity index is 173. The lowest BCUT2D eigenvalue weighted by atomic mass is 10.1. The van der Waals surface area contributed by atoms with E-state index in [0.29, 0.717) is 0 Å². The third kappa shape index (κ3) is 5.79. The number of unbranched alkanes of at least 4 members (excludes halogenated alkanes) is 3. The van der Waals surface area contributed by atoms with Crippen LogP contribution < -0.4 is 0 Å². The van der Waals surface area contributed by atoms with Gasteiger partial charge in [-0.1, -0.05) is 12.8 Å². The Morgan fingerprint density at radius 1 is 1.20 bits per heavy atom. The summed E-state index contributed by atoms with van der Waals surface area (Å²) in [7, 11) is 0. The van der Waals surface area contributed by atoms with Crippen LogP contribution in [0.2, 0.25) is 0 Å². The van der Waals surface area contributed by atoms with Crippen LogP contribution in [0.25, 0.3) is 0 Å². The molecule has 1 aliphatic rings. The monoisotopic (exact) mass is 231 g/mol. The molecule has 0 spiro atoms. The lowest BCUT2D eigenvalue weighted by Crippen LogP contribution is -2.48. The van der Waals surface area contributed by atoms with Crippen molar-refractivity contribution in [3.05, 3.63) is 0 Å². The Labute approximate surface area is 99.8 Å². The quantitative estimate of drug-likeness (QED) is 0.557. The summed E-state index contributed by atoms with van der Waals surface area (Å²) >= 11 is 4.22. The van der Waals surface area contributed by atoms with Crippen LogP contribution >= 0.6 is 12.6 Å². The van der Waals surface area contributed by atoms with Crippen molar-refractivity contribution in [1.29, 1.82) is 0 Å². The molecule has 0 atom stereocenters. The van der Waals surface area contributed by atoms with E-state index in [0.717, 1.165) is 25.4 Å². The maximum atomic E-state index is 5.69. The predicted octanol–water partition coefficient (Wildman–Crippen LogP) is 2.59. The van der Waals surface area contributed by atoms with Crippen LogP contribution in [0, 0.1) is 0 Å². The normalized spacial score (nSPS) is 21.8. The molecule has 2 nitrogen and oxygen atoms in total. The van der Waals surface area contributed by atoms with Gasteiger partial charge in [-0.25, -0.2) is 0 Å². The summed E-state index contributed by atoms with van der Waals surface area (Å²) in [6, 6.07) is 0. The van der Waals surface area contributed by atoms with E-state index in [1.54, 1.807) is 0 Å². The average Bonchev–Trinajstić information content (AvgIpc) is 2.16. The predicted molar refractivity (Wildman–Crippen MR) is 68.8 cm³/mol. The number of thiol groups is 1. The van der Waals surface area contributed by atoms with Crippen molar-refractivity contribution in [2.45, 2.75) is 45.1 Å². The van der Waals surface area contributed by atoms with Gasteiger partial charge in [0.25, 0.3) is 0 Å². The first-order valence-electron chi connectivity index (χ1n) is 6.11. The second-order valence-electron chi connectivity index (χ2n) is 5.02. The van der Waals surface area contributed by atoms with Crippen LogP contribution in [-0.2, 0) is 4.74 Å². The van der Waals surface area contributed by atoms with Crippen LogP contribution in [0.15, 0.2) is 0 Å². The van der Waals surface area contributed by atoms with Gasteiger partial charge in [-0.15, -0.1) is 0 Å². The fraction of sp³-hybridized carbons (Fsp3) is 1.00. The summed E-state index contributed by atoms with van der Waals surface area (Å²) in [5.74, 6) is 1.03. The van der Waals surface area contributed by atoms with Gasteiger partial charge in [0.2, 0.25) is 0 Å². The topological polar surface area (TPSA) is 12.5 Å². The van der Waals surface area contributed by atoms with Gasteiger partial charge in [0.15, 0.2) is 0 Å². The minimum absolute atomic E-state index is 0.0589. The minimum atomic E-state index is 0.0589. The molecule has 0 aromatic heterocycles. The molecule has 1 heterocycles. The fourth-order valence-corrected chi connectivity index (χ4v) is 2.33. The molecule has 1 rings (SSSR count). The van der Waals surface area contributed by atoms with Crippen molar-refractivity contribution in [2.75, 3.05) is 32.0 Å². The van der Waals surface area contributed by atoms with Crippen LogP contribution in [0.4, 0.5) is 0 Å². The van der Waals surface area contributed by atoms with Crippen LogP contribution in [0.5, 0.6) is 0 Å². The smallest absolute Gasteiger partial charge is 0.0753 e. The molecule has 0 bridgehead atoms. The molecule has 3 heteroatoms. The molecule has 15 heavy (non-hydrogen) atoms. The number of rotatable bonds is 6. The molecule has 1 fully saturated rings. The van der Waals surface area contributed by atoms with Gasteiger partial charge >= 0.3 is 0 Å². The molecule has 0 aliphatic carbocycles. The Balaban J connectivity index is 2.05. The zero-order valence-corrected chi connectivity index (χ0v) is 11.1. The third-order valence-corrected chi connectivity index (χ3v) is 3.20. The Hall–Kier alpha value is 0.270. The Kier molecular flexibility index (Phi) is 6.02. The van der Waals surface area contributed by atoms with E-state index in [1.165, 1.54) is 32.2 Å². The first-order chi connectivity index (χ1) is 7.14. The summed E-state index contributed by atoms with van der Waals surface area (Å²) in [4.78, 5) is 2.53. The van der Waals surface area contributed by atoms with E-state index in [9.17, 15) is 0 Å². The van der Waals surface area contributed by atoms with Crippen molar-refractivity contribution in [3.8, 4) is 0 Å². The van der Waals surface area contributed by atoms with Gasteiger partial charge in [0, 0.05) is 13.1 Å². The second kappa shape index (κ2) is 6.77. The largest absolute Gasteiger partial charge is 0.373 e. The molecule has 0 radical (unpaired) electrons. The molecule has 90 valence electrons.